The second kappa shape index (κ2) is 37.2. The number of rotatable bonds is 0. The quantitative estimate of drug-likeness (QED) is 0.262. The molecule has 0 spiro atoms. The summed E-state index contributed by atoms with van der Waals surface area (Å²) in [5.41, 5.74) is 0. The van der Waals surface area contributed by atoms with Crippen molar-refractivity contribution in [3.63, 3.8) is 0 Å². The second-order valence-corrected chi connectivity index (χ2v) is 0.224. The molecule has 6 heavy (non-hydrogen) atoms. The number of hydrogen-bond acceptors (Lipinski definition) is 3. The summed E-state index contributed by atoms with van der Waals surface area (Å²) in [4.78, 5) is 8.35. The maximum atomic E-state index is 8.35. The molecule has 0 fully saturated rings. The largest absolute Gasteiger partial charge is 1.00 e. The van der Waals surface area contributed by atoms with Gasteiger partial charge in [-0.1, -0.05) is 0 Å². The summed E-state index contributed by atoms with van der Waals surface area (Å²) in [7, 11) is -0.0833. The van der Waals surface area contributed by atoms with Crippen molar-refractivity contribution in [1.82, 2.24) is 0 Å². The van der Waals surface area contributed by atoms with E-state index < -0.39 is 8.69 Å². The number of hydrogen-bond donors (Lipinski definition) is 1. The zero-order chi connectivity index (χ0) is 4.71. The Balaban J connectivity index is -0.0000000275. The molecular formula is CH4NaO3P. The van der Waals surface area contributed by atoms with Crippen LogP contribution in [0, 0.1) is 0 Å². The molecule has 0 aromatic heterocycles. The van der Waals surface area contributed by atoms with E-state index >= 15 is 0 Å². The zero-order valence-corrected chi connectivity index (χ0v) is 6.61. The summed E-state index contributed by atoms with van der Waals surface area (Å²) in [5, 5.41) is 7.00. The van der Waals surface area contributed by atoms with Crippen LogP contribution in [0.5, 0.6) is 0 Å². The second-order valence-electron chi connectivity index (χ2n) is 0.0745. The molecule has 0 aromatic carbocycles. The molecule has 0 rings (SSSR count). The smallest absolute Gasteiger partial charge is 0.772 e. The Morgan fingerprint density at radius 2 is 1.67 bits per heavy atom. The van der Waals surface area contributed by atoms with Crippen molar-refractivity contribution in [2.75, 3.05) is 7.11 Å². The molecule has 0 aliphatic rings. The van der Waals surface area contributed by atoms with Crippen molar-refractivity contribution in [1.29, 1.82) is 0 Å². The van der Waals surface area contributed by atoms with Gasteiger partial charge in [0.1, 0.15) is 0 Å². The van der Waals surface area contributed by atoms with Crippen LogP contribution in [-0.4, -0.2) is 12.2 Å². The van der Waals surface area contributed by atoms with Crippen LogP contribution in [0.25, 0.3) is 0 Å². The van der Waals surface area contributed by atoms with Crippen LogP contribution < -0.4 is 34.5 Å². The Labute approximate surface area is 60.0 Å². The van der Waals surface area contributed by atoms with Gasteiger partial charge in [0.05, 0.1) is 8.69 Å². The van der Waals surface area contributed by atoms with Gasteiger partial charge in [0.25, 0.3) is 0 Å². The summed E-state index contributed by atoms with van der Waals surface area (Å²) >= 11 is 0. The van der Waals surface area contributed by atoms with Crippen LogP contribution in [0.1, 0.15) is 0 Å². The van der Waals surface area contributed by atoms with Gasteiger partial charge in [-0.25, -0.2) is 0 Å². The molecule has 0 radical (unpaired) electrons. The molecule has 5 heteroatoms. The van der Waals surface area contributed by atoms with Crippen LogP contribution in [0.4, 0.5) is 0 Å². The maximum absolute atomic E-state index is 8.35. The minimum atomic E-state index is -1.08. The Morgan fingerprint density at radius 3 is 1.67 bits per heavy atom. The Hall–Kier alpha value is 1.02. The number of aliphatic hydroxyl groups is 1. The molecule has 0 amide bonds. The zero-order valence-electron chi connectivity index (χ0n) is 3.71. The van der Waals surface area contributed by atoms with Crippen LogP contribution in [0.3, 0.4) is 0 Å². The first-order valence-electron chi connectivity index (χ1n) is 0.812. The van der Waals surface area contributed by atoms with E-state index in [1.54, 1.807) is 0 Å². The molecule has 0 aliphatic heterocycles. The van der Waals surface area contributed by atoms with Crippen molar-refractivity contribution in [3.05, 3.63) is 0 Å². The Morgan fingerprint density at radius 1 is 1.67 bits per heavy atom. The van der Waals surface area contributed by atoms with E-state index in [0.717, 1.165) is 7.11 Å². The van der Waals surface area contributed by atoms with Crippen LogP contribution in [-0.2, 0) is 4.57 Å². The third-order valence-corrected chi connectivity index (χ3v) is 0. The van der Waals surface area contributed by atoms with Gasteiger partial charge in [-0.15, -0.1) is 0 Å². The topological polar surface area (TPSA) is 60.4 Å². The molecule has 0 unspecified atom stereocenters. The average Bonchev–Trinajstić information content (AvgIpc) is 1.46. The van der Waals surface area contributed by atoms with Crippen molar-refractivity contribution in [2.24, 2.45) is 0 Å². The van der Waals surface area contributed by atoms with Crippen molar-refractivity contribution >= 4 is 8.69 Å². The summed E-state index contributed by atoms with van der Waals surface area (Å²) in [6.45, 7) is 0. The molecule has 0 bridgehead atoms. The van der Waals surface area contributed by atoms with Gasteiger partial charge in [-0.3, -0.25) is 4.57 Å². The van der Waals surface area contributed by atoms with Crippen LogP contribution in [0.2, 0.25) is 0 Å². The third kappa shape index (κ3) is 78.0. The van der Waals surface area contributed by atoms with E-state index in [1.807, 2.05) is 0 Å². The van der Waals surface area contributed by atoms with Crippen molar-refractivity contribution < 1.29 is 44.1 Å². The van der Waals surface area contributed by atoms with E-state index in [-0.39, 0.29) is 29.6 Å². The van der Waals surface area contributed by atoms with Gasteiger partial charge < -0.3 is 10.00 Å². The maximum Gasteiger partial charge on any atom is 1.00 e. The monoisotopic (exact) mass is 118 g/mol. The Kier molecular flexibility index (Phi) is 97.6. The van der Waals surface area contributed by atoms with Crippen LogP contribution in [0.15, 0.2) is 0 Å². The first-order chi connectivity index (χ1) is 2.41. The molecule has 0 aliphatic carbocycles. The molecule has 3 nitrogen and oxygen atoms in total. The van der Waals surface area contributed by atoms with Gasteiger partial charge in [-0.2, -0.15) is 0 Å². The molecular weight excluding hydrogens is 114 g/mol. The van der Waals surface area contributed by atoms with E-state index in [1.165, 1.54) is 0 Å². The summed E-state index contributed by atoms with van der Waals surface area (Å²) < 4.78 is 8.35. The minimum absolute atomic E-state index is 0. The fraction of sp³-hybridized carbons (Fsp3) is 1.00. The molecule has 32 valence electrons. The first kappa shape index (κ1) is 15.7. The van der Waals surface area contributed by atoms with E-state index in [4.69, 9.17) is 14.6 Å². The fourth-order valence-electron chi connectivity index (χ4n) is 0. The normalized spacial score (nSPS) is 4.50. The summed E-state index contributed by atoms with van der Waals surface area (Å²) in [6, 6.07) is 0. The third-order valence-electron chi connectivity index (χ3n) is 0. The molecule has 1 N–H and O–H groups in total. The van der Waals surface area contributed by atoms with Gasteiger partial charge in [-0.05, 0) is 0 Å². The molecule has 0 saturated carbocycles. The fourth-order valence-corrected chi connectivity index (χ4v) is 0. The van der Waals surface area contributed by atoms with Gasteiger partial charge in [0.15, 0.2) is 0 Å². The molecule has 0 atom stereocenters. The SMILES string of the molecule is CO.O=P[O-].[Na+]. The average molecular weight is 118 g/mol. The molecule has 0 heterocycles. The predicted molar refractivity (Wildman–Crippen MR) is 15.7 cm³/mol. The van der Waals surface area contributed by atoms with E-state index in [9.17, 15) is 0 Å². The predicted octanol–water partition coefficient (Wildman–Crippen LogP) is -3.83. The molecule has 0 saturated heterocycles. The van der Waals surface area contributed by atoms with Gasteiger partial charge in [0, 0.05) is 7.11 Å². The summed E-state index contributed by atoms with van der Waals surface area (Å²) in [5.74, 6) is 0. The van der Waals surface area contributed by atoms with Crippen molar-refractivity contribution in [3.8, 4) is 0 Å². The van der Waals surface area contributed by atoms with Crippen LogP contribution >= 0.6 is 8.69 Å². The van der Waals surface area contributed by atoms with E-state index in [0.29, 0.717) is 0 Å². The first-order valence-corrected chi connectivity index (χ1v) is 1.54. The standard InChI is InChI=1S/CH4O.Na.HO2P/c1-2;;1-3-2/h2H,1H3;;(H,1,2)/q;+1;/p-1. The number of aliphatic hydroxyl groups excluding tert-OH is 1. The Bertz CT molecular complexity index is 18.3. The van der Waals surface area contributed by atoms with Gasteiger partial charge >= 0.3 is 29.6 Å². The minimum Gasteiger partial charge on any atom is -0.772 e. The summed E-state index contributed by atoms with van der Waals surface area (Å²) in [6.07, 6.45) is 0. The van der Waals surface area contributed by atoms with Gasteiger partial charge in [0.2, 0.25) is 0 Å². The van der Waals surface area contributed by atoms with Crippen molar-refractivity contribution in [2.45, 2.75) is 0 Å². The molecule has 0 aromatic rings. The van der Waals surface area contributed by atoms with E-state index in [2.05, 4.69) is 0 Å².